The van der Waals surface area contributed by atoms with Gasteiger partial charge in [-0.3, -0.25) is 4.79 Å². The first-order chi connectivity index (χ1) is 8.13. The molecular weight excluding hydrogens is 331 g/mol. The topological polar surface area (TPSA) is 43.4 Å². The summed E-state index contributed by atoms with van der Waals surface area (Å²) in [4.78, 5) is 22.6. The summed E-state index contributed by atoms with van der Waals surface area (Å²) in [5.41, 5.74) is 0. The molecule has 0 bridgehead atoms. The van der Waals surface area contributed by atoms with Crippen LogP contribution in [0.25, 0.3) is 0 Å². The zero-order chi connectivity index (χ0) is 12.7. The summed E-state index contributed by atoms with van der Waals surface area (Å²) < 4.78 is 5.56. The summed E-state index contributed by atoms with van der Waals surface area (Å²) in [7, 11) is 1.38. The number of rotatable bonds is 5. The minimum Gasteiger partial charge on any atom is -0.466 e. The van der Waals surface area contributed by atoms with Crippen molar-refractivity contribution < 1.29 is 14.3 Å². The van der Waals surface area contributed by atoms with E-state index >= 15 is 0 Å². The van der Waals surface area contributed by atoms with E-state index in [0.717, 1.165) is 42.1 Å². The van der Waals surface area contributed by atoms with Gasteiger partial charge in [-0.1, -0.05) is 6.42 Å². The van der Waals surface area contributed by atoms with Gasteiger partial charge in [-0.15, -0.1) is 0 Å². The van der Waals surface area contributed by atoms with E-state index in [4.69, 9.17) is 0 Å². The summed E-state index contributed by atoms with van der Waals surface area (Å²) in [5.74, 6) is 0.400. The van der Waals surface area contributed by atoms with Gasteiger partial charge in [0, 0.05) is 18.4 Å². The molecule has 0 amide bonds. The van der Waals surface area contributed by atoms with Gasteiger partial charge in [0.1, 0.15) is 5.78 Å². The van der Waals surface area contributed by atoms with Crippen LogP contribution in [0, 0.1) is 5.92 Å². The SMILES string of the molecule is COC(=O)/C=C(/I)CCCC1CCCCC1=O. The van der Waals surface area contributed by atoms with Crippen LogP contribution in [0.2, 0.25) is 0 Å². The number of hydrogen-bond donors (Lipinski definition) is 0. The van der Waals surface area contributed by atoms with Crippen LogP contribution in [0.1, 0.15) is 44.9 Å². The molecule has 1 fully saturated rings. The number of esters is 1. The van der Waals surface area contributed by atoms with Gasteiger partial charge in [0.15, 0.2) is 0 Å². The molecule has 1 aliphatic carbocycles. The molecule has 0 N–H and O–H groups in total. The van der Waals surface area contributed by atoms with E-state index in [2.05, 4.69) is 27.3 Å². The third-order valence-electron chi connectivity index (χ3n) is 3.12. The van der Waals surface area contributed by atoms with Crippen LogP contribution in [0.15, 0.2) is 9.66 Å². The predicted octanol–water partition coefficient (Wildman–Crippen LogP) is 3.41. The molecule has 0 saturated heterocycles. The first-order valence-corrected chi connectivity index (χ1v) is 7.18. The summed E-state index contributed by atoms with van der Waals surface area (Å²) in [6.45, 7) is 0. The van der Waals surface area contributed by atoms with Crippen molar-refractivity contribution in [3.8, 4) is 0 Å². The number of allylic oxidation sites excluding steroid dienone is 1. The first kappa shape index (κ1) is 14.7. The Kier molecular flexibility index (Phi) is 6.77. The number of methoxy groups -OCH3 is 1. The summed E-state index contributed by atoms with van der Waals surface area (Å²) in [5, 5.41) is 0. The van der Waals surface area contributed by atoms with Crippen LogP contribution >= 0.6 is 22.6 Å². The van der Waals surface area contributed by atoms with E-state index in [1.807, 2.05) is 0 Å². The lowest BCUT2D eigenvalue weighted by atomic mass is 9.84. The Balaban J connectivity index is 2.25. The maximum absolute atomic E-state index is 11.6. The van der Waals surface area contributed by atoms with Crippen LogP contribution in [0.5, 0.6) is 0 Å². The van der Waals surface area contributed by atoms with Gasteiger partial charge >= 0.3 is 5.97 Å². The van der Waals surface area contributed by atoms with Crippen molar-refractivity contribution in [3.63, 3.8) is 0 Å². The fraction of sp³-hybridized carbons (Fsp3) is 0.692. The molecule has 1 atom stereocenters. The largest absolute Gasteiger partial charge is 0.466 e. The number of Topliss-reactive ketones (excluding diaryl/α,β-unsaturated/α-hetero) is 1. The molecule has 4 heteroatoms. The second-order valence-electron chi connectivity index (χ2n) is 4.42. The second-order valence-corrected chi connectivity index (χ2v) is 5.80. The van der Waals surface area contributed by atoms with Gasteiger partial charge < -0.3 is 4.74 Å². The van der Waals surface area contributed by atoms with Gasteiger partial charge in [-0.2, -0.15) is 0 Å². The fourth-order valence-electron chi connectivity index (χ4n) is 2.14. The molecule has 1 aliphatic rings. The van der Waals surface area contributed by atoms with Crippen molar-refractivity contribution in [3.05, 3.63) is 9.66 Å². The Bertz CT molecular complexity index is 310. The molecule has 0 aromatic heterocycles. The van der Waals surface area contributed by atoms with Gasteiger partial charge in [-0.05, 0) is 58.3 Å². The highest BCUT2D eigenvalue weighted by Gasteiger charge is 2.21. The third-order valence-corrected chi connectivity index (χ3v) is 3.98. The highest BCUT2D eigenvalue weighted by molar-refractivity contribution is 14.1. The standard InChI is InChI=1S/C13H19IO3/c1-17-13(16)9-11(14)7-4-6-10-5-2-3-8-12(10)15/h9-10H,2-8H2,1H3/b11-9+. The zero-order valence-corrected chi connectivity index (χ0v) is 12.4. The van der Waals surface area contributed by atoms with E-state index in [0.29, 0.717) is 5.78 Å². The lowest BCUT2D eigenvalue weighted by Gasteiger charge is -2.19. The van der Waals surface area contributed by atoms with Crippen LogP contribution in [-0.2, 0) is 14.3 Å². The molecule has 0 radical (unpaired) electrons. The Morgan fingerprint density at radius 3 is 2.94 bits per heavy atom. The number of ketones is 1. The first-order valence-electron chi connectivity index (χ1n) is 6.10. The van der Waals surface area contributed by atoms with Gasteiger partial charge in [0.25, 0.3) is 0 Å². The van der Waals surface area contributed by atoms with Crippen molar-refractivity contribution >= 4 is 34.3 Å². The molecule has 0 spiro atoms. The van der Waals surface area contributed by atoms with E-state index in [-0.39, 0.29) is 11.9 Å². The minimum atomic E-state index is -0.303. The van der Waals surface area contributed by atoms with E-state index in [1.54, 1.807) is 0 Å². The number of halogens is 1. The van der Waals surface area contributed by atoms with Gasteiger partial charge in [-0.25, -0.2) is 4.79 Å². The van der Waals surface area contributed by atoms with Gasteiger partial charge in [0.05, 0.1) is 7.11 Å². The Labute approximate surface area is 116 Å². The molecule has 96 valence electrons. The van der Waals surface area contributed by atoms with E-state index in [9.17, 15) is 9.59 Å². The van der Waals surface area contributed by atoms with Crippen molar-refractivity contribution in [2.75, 3.05) is 7.11 Å². The van der Waals surface area contributed by atoms with Gasteiger partial charge in [0.2, 0.25) is 0 Å². The molecule has 3 nitrogen and oxygen atoms in total. The smallest absolute Gasteiger partial charge is 0.331 e. The molecule has 0 aromatic rings. The van der Waals surface area contributed by atoms with Crippen LogP contribution < -0.4 is 0 Å². The maximum Gasteiger partial charge on any atom is 0.331 e. The molecule has 0 heterocycles. The maximum atomic E-state index is 11.6. The predicted molar refractivity (Wildman–Crippen MR) is 74.9 cm³/mol. The van der Waals surface area contributed by atoms with Crippen LogP contribution in [0.3, 0.4) is 0 Å². The molecule has 1 saturated carbocycles. The number of carbonyl (C=O) groups is 2. The highest BCUT2D eigenvalue weighted by Crippen LogP contribution is 2.26. The Hall–Kier alpha value is -0.390. The third kappa shape index (κ3) is 5.66. The van der Waals surface area contributed by atoms with Crippen molar-refractivity contribution in [1.82, 2.24) is 0 Å². The Morgan fingerprint density at radius 1 is 1.53 bits per heavy atom. The Morgan fingerprint density at radius 2 is 2.29 bits per heavy atom. The average molecular weight is 350 g/mol. The fourth-order valence-corrected chi connectivity index (χ4v) is 2.77. The number of hydrogen-bond acceptors (Lipinski definition) is 3. The highest BCUT2D eigenvalue weighted by atomic mass is 127. The molecule has 1 unspecified atom stereocenters. The lowest BCUT2D eigenvalue weighted by molar-refractivity contribution is -0.134. The van der Waals surface area contributed by atoms with Crippen molar-refractivity contribution in [2.45, 2.75) is 44.9 Å². The zero-order valence-electron chi connectivity index (χ0n) is 10.2. The molecule has 1 rings (SSSR count). The number of carbonyl (C=O) groups excluding carboxylic acids is 2. The van der Waals surface area contributed by atoms with E-state index in [1.165, 1.54) is 19.6 Å². The normalized spacial score (nSPS) is 21.4. The molecule has 0 aromatic carbocycles. The summed E-state index contributed by atoms with van der Waals surface area (Å²) >= 11 is 2.15. The van der Waals surface area contributed by atoms with Crippen molar-refractivity contribution in [1.29, 1.82) is 0 Å². The lowest BCUT2D eigenvalue weighted by Crippen LogP contribution is -2.18. The van der Waals surface area contributed by atoms with Crippen LogP contribution in [-0.4, -0.2) is 18.9 Å². The van der Waals surface area contributed by atoms with E-state index < -0.39 is 0 Å². The number of ether oxygens (including phenoxy) is 1. The molecule has 0 aliphatic heterocycles. The van der Waals surface area contributed by atoms with Crippen LogP contribution in [0.4, 0.5) is 0 Å². The summed E-state index contributed by atoms with van der Waals surface area (Å²) in [6, 6.07) is 0. The minimum absolute atomic E-state index is 0.270. The molecular formula is C13H19IO3. The second kappa shape index (κ2) is 7.84. The molecule has 17 heavy (non-hydrogen) atoms. The summed E-state index contributed by atoms with van der Waals surface area (Å²) in [6.07, 6.45) is 8.38. The average Bonchev–Trinajstić information content (AvgIpc) is 2.31. The van der Waals surface area contributed by atoms with Crippen molar-refractivity contribution in [2.24, 2.45) is 5.92 Å². The monoisotopic (exact) mass is 350 g/mol. The quantitative estimate of drug-likeness (QED) is 0.434.